The van der Waals surface area contributed by atoms with Crippen molar-refractivity contribution in [1.82, 2.24) is 0 Å². The third kappa shape index (κ3) is 2.68. The SMILES string of the molecule is CC1=CC[C@@H](C(C)C)CC1CC=O. The monoisotopic (exact) mass is 180 g/mol. The summed E-state index contributed by atoms with van der Waals surface area (Å²) in [5, 5.41) is 0. The Morgan fingerprint density at radius 1 is 1.62 bits per heavy atom. The van der Waals surface area contributed by atoms with Crippen molar-refractivity contribution in [2.75, 3.05) is 0 Å². The molecule has 0 radical (unpaired) electrons. The van der Waals surface area contributed by atoms with Gasteiger partial charge in [0.1, 0.15) is 6.29 Å². The molecule has 0 fully saturated rings. The molecule has 0 saturated carbocycles. The van der Waals surface area contributed by atoms with Crippen LogP contribution in [0.15, 0.2) is 11.6 Å². The van der Waals surface area contributed by atoms with E-state index in [-0.39, 0.29) is 0 Å². The lowest BCUT2D eigenvalue weighted by molar-refractivity contribution is -0.108. The first-order valence-corrected chi connectivity index (χ1v) is 5.25. The molecule has 0 N–H and O–H groups in total. The van der Waals surface area contributed by atoms with Crippen LogP contribution in [0, 0.1) is 17.8 Å². The van der Waals surface area contributed by atoms with Crippen LogP contribution >= 0.6 is 0 Å². The Balaban J connectivity index is 2.59. The average Bonchev–Trinajstić information content (AvgIpc) is 2.08. The van der Waals surface area contributed by atoms with E-state index in [1.165, 1.54) is 18.4 Å². The summed E-state index contributed by atoms with van der Waals surface area (Å²) < 4.78 is 0. The highest BCUT2D eigenvalue weighted by Gasteiger charge is 2.23. The van der Waals surface area contributed by atoms with Crippen LogP contribution < -0.4 is 0 Å². The van der Waals surface area contributed by atoms with E-state index >= 15 is 0 Å². The third-order valence-corrected chi connectivity index (χ3v) is 3.30. The van der Waals surface area contributed by atoms with Crippen molar-refractivity contribution in [3.63, 3.8) is 0 Å². The van der Waals surface area contributed by atoms with Gasteiger partial charge in [0, 0.05) is 6.42 Å². The predicted octanol–water partition coefficient (Wildman–Crippen LogP) is 3.20. The summed E-state index contributed by atoms with van der Waals surface area (Å²) in [5.74, 6) is 2.06. The van der Waals surface area contributed by atoms with Crippen LogP contribution in [0.1, 0.15) is 40.0 Å². The number of carbonyl (C=O) groups is 1. The zero-order valence-corrected chi connectivity index (χ0v) is 8.92. The highest BCUT2D eigenvalue weighted by atomic mass is 16.1. The van der Waals surface area contributed by atoms with E-state index in [9.17, 15) is 4.79 Å². The molecule has 1 heteroatoms. The summed E-state index contributed by atoms with van der Waals surface area (Å²) in [4.78, 5) is 10.5. The van der Waals surface area contributed by atoms with Gasteiger partial charge in [0.25, 0.3) is 0 Å². The minimum atomic E-state index is 0.527. The Hall–Kier alpha value is -0.590. The van der Waals surface area contributed by atoms with Gasteiger partial charge in [-0.2, -0.15) is 0 Å². The van der Waals surface area contributed by atoms with E-state index < -0.39 is 0 Å². The van der Waals surface area contributed by atoms with Crippen LogP contribution in [0.25, 0.3) is 0 Å². The summed E-state index contributed by atoms with van der Waals surface area (Å²) >= 11 is 0. The van der Waals surface area contributed by atoms with Crippen LogP contribution in [0.5, 0.6) is 0 Å². The third-order valence-electron chi connectivity index (χ3n) is 3.30. The molecule has 0 bridgehead atoms. The zero-order valence-electron chi connectivity index (χ0n) is 8.92. The number of rotatable bonds is 3. The molecule has 0 spiro atoms. The molecule has 0 aromatic rings. The maximum Gasteiger partial charge on any atom is 0.120 e. The largest absolute Gasteiger partial charge is 0.303 e. The van der Waals surface area contributed by atoms with Crippen molar-refractivity contribution < 1.29 is 4.79 Å². The first-order valence-electron chi connectivity index (χ1n) is 5.25. The van der Waals surface area contributed by atoms with Gasteiger partial charge in [-0.3, -0.25) is 0 Å². The Morgan fingerprint density at radius 3 is 2.85 bits per heavy atom. The maximum absolute atomic E-state index is 10.5. The maximum atomic E-state index is 10.5. The first kappa shape index (κ1) is 10.5. The van der Waals surface area contributed by atoms with E-state index in [2.05, 4.69) is 26.8 Å². The summed E-state index contributed by atoms with van der Waals surface area (Å²) in [6.07, 6.45) is 6.51. The Bertz CT molecular complexity index is 203. The molecule has 0 amide bonds. The van der Waals surface area contributed by atoms with E-state index in [0.29, 0.717) is 12.3 Å². The van der Waals surface area contributed by atoms with Gasteiger partial charge in [-0.1, -0.05) is 25.5 Å². The van der Waals surface area contributed by atoms with E-state index in [4.69, 9.17) is 0 Å². The quantitative estimate of drug-likeness (QED) is 0.481. The van der Waals surface area contributed by atoms with Crippen molar-refractivity contribution >= 4 is 6.29 Å². The fraction of sp³-hybridized carbons (Fsp3) is 0.750. The Labute approximate surface area is 81.2 Å². The van der Waals surface area contributed by atoms with Crippen LogP contribution in [0.2, 0.25) is 0 Å². The molecule has 1 aliphatic rings. The second-order valence-corrected chi connectivity index (χ2v) is 4.52. The molecule has 74 valence electrons. The van der Waals surface area contributed by atoms with Gasteiger partial charge in [-0.15, -0.1) is 0 Å². The van der Waals surface area contributed by atoms with Crippen molar-refractivity contribution in [3.8, 4) is 0 Å². The van der Waals surface area contributed by atoms with Crippen molar-refractivity contribution in [2.45, 2.75) is 40.0 Å². The van der Waals surface area contributed by atoms with Gasteiger partial charge >= 0.3 is 0 Å². The van der Waals surface area contributed by atoms with Crippen LogP contribution in [0.3, 0.4) is 0 Å². The minimum absolute atomic E-state index is 0.527. The lowest BCUT2D eigenvalue weighted by Crippen LogP contribution is -2.19. The Morgan fingerprint density at radius 2 is 2.31 bits per heavy atom. The van der Waals surface area contributed by atoms with Crippen molar-refractivity contribution in [3.05, 3.63) is 11.6 Å². The number of hydrogen-bond donors (Lipinski definition) is 0. The summed E-state index contributed by atoms with van der Waals surface area (Å²) in [5.41, 5.74) is 1.42. The van der Waals surface area contributed by atoms with Crippen LogP contribution in [-0.4, -0.2) is 6.29 Å². The normalized spacial score (nSPS) is 28.8. The topological polar surface area (TPSA) is 17.1 Å². The van der Waals surface area contributed by atoms with E-state index in [1.54, 1.807) is 0 Å². The number of carbonyl (C=O) groups excluding carboxylic acids is 1. The van der Waals surface area contributed by atoms with Gasteiger partial charge in [0.05, 0.1) is 0 Å². The van der Waals surface area contributed by atoms with Crippen molar-refractivity contribution in [1.29, 1.82) is 0 Å². The predicted molar refractivity (Wildman–Crippen MR) is 55.5 cm³/mol. The van der Waals surface area contributed by atoms with Gasteiger partial charge in [-0.05, 0) is 37.5 Å². The number of aldehydes is 1. The van der Waals surface area contributed by atoms with Gasteiger partial charge in [-0.25, -0.2) is 0 Å². The second-order valence-electron chi connectivity index (χ2n) is 4.52. The van der Waals surface area contributed by atoms with E-state index in [1.807, 2.05) is 0 Å². The highest BCUT2D eigenvalue weighted by Crippen LogP contribution is 2.34. The highest BCUT2D eigenvalue weighted by molar-refractivity contribution is 5.50. The molecular formula is C12H20O. The fourth-order valence-corrected chi connectivity index (χ4v) is 2.09. The Kier molecular flexibility index (Phi) is 3.71. The lowest BCUT2D eigenvalue weighted by atomic mass is 9.76. The molecule has 2 atom stereocenters. The number of allylic oxidation sites excluding steroid dienone is 2. The van der Waals surface area contributed by atoms with Crippen LogP contribution in [-0.2, 0) is 4.79 Å². The van der Waals surface area contributed by atoms with Gasteiger partial charge < -0.3 is 4.79 Å². The van der Waals surface area contributed by atoms with Crippen LogP contribution in [0.4, 0.5) is 0 Å². The molecular weight excluding hydrogens is 160 g/mol. The molecule has 13 heavy (non-hydrogen) atoms. The molecule has 1 rings (SSSR count). The molecule has 0 aromatic heterocycles. The first-order chi connectivity index (χ1) is 6.15. The minimum Gasteiger partial charge on any atom is -0.303 e. The smallest absolute Gasteiger partial charge is 0.120 e. The number of hydrogen-bond acceptors (Lipinski definition) is 1. The fourth-order valence-electron chi connectivity index (χ4n) is 2.09. The average molecular weight is 180 g/mol. The molecule has 1 unspecified atom stereocenters. The van der Waals surface area contributed by atoms with Gasteiger partial charge in [0.15, 0.2) is 0 Å². The zero-order chi connectivity index (χ0) is 9.84. The summed E-state index contributed by atoms with van der Waals surface area (Å²) in [7, 11) is 0. The molecule has 0 heterocycles. The van der Waals surface area contributed by atoms with E-state index in [0.717, 1.165) is 18.1 Å². The van der Waals surface area contributed by atoms with Gasteiger partial charge in [0.2, 0.25) is 0 Å². The summed E-state index contributed by atoms with van der Waals surface area (Å²) in [6.45, 7) is 6.71. The summed E-state index contributed by atoms with van der Waals surface area (Å²) in [6, 6.07) is 0. The molecule has 0 saturated heterocycles. The standard InChI is InChI=1S/C12H20O/c1-9(2)11-5-4-10(3)12(8-11)6-7-13/h4,7,9,11-12H,5-6,8H2,1-3H3/t11-,12?/m1/s1. The lowest BCUT2D eigenvalue weighted by Gasteiger charge is -2.29. The molecule has 0 aliphatic heterocycles. The molecule has 1 nitrogen and oxygen atoms in total. The molecule has 1 aliphatic carbocycles. The molecule has 0 aromatic carbocycles. The second kappa shape index (κ2) is 4.59. The van der Waals surface area contributed by atoms with Crippen molar-refractivity contribution in [2.24, 2.45) is 17.8 Å².